The van der Waals surface area contributed by atoms with Crippen molar-refractivity contribution in [2.45, 2.75) is 25.6 Å². The maximum absolute atomic E-state index is 9.75. The molecule has 0 saturated heterocycles. The van der Waals surface area contributed by atoms with Crippen LogP contribution in [0.25, 0.3) is 0 Å². The molecule has 5 N–H and O–H groups in total. The Hall–Kier alpha value is -1.17. The number of aliphatic hydroxyl groups excluding tert-OH is 3. The number of nitrogen functional groups attached to an aromatic ring is 1. The Labute approximate surface area is 88.2 Å². The zero-order chi connectivity index (χ0) is 11.4. The van der Waals surface area contributed by atoms with E-state index in [2.05, 4.69) is 4.98 Å². The SMILES string of the molecule is Cc1cc(N)ncc1C(O)C(O)CCO. The Balaban J connectivity index is 2.86. The predicted octanol–water partition coefficient (Wildman–Crippen LogP) is -0.251. The number of aromatic nitrogens is 1. The number of rotatable bonds is 4. The van der Waals surface area contributed by atoms with E-state index in [-0.39, 0.29) is 13.0 Å². The van der Waals surface area contributed by atoms with Gasteiger partial charge in [0.15, 0.2) is 0 Å². The van der Waals surface area contributed by atoms with Crippen molar-refractivity contribution in [1.82, 2.24) is 4.98 Å². The van der Waals surface area contributed by atoms with Crippen molar-refractivity contribution in [3.05, 3.63) is 23.4 Å². The van der Waals surface area contributed by atoms with Crippen LogP contribution in [-0.4, -0.2) is 33.0 Å². The molecule has 15 heavy (non-hydrogen) atoms. The molecule has 0 radical (unpaired) electrons. The van der Waals surface area contributed by atoms with Gasteiger partial charge in [-0.1, -0.05) is 0 Å². The van der Waals surface area contributed by atoms with Crippen LogP contribution in [0.4, 0.5) is 5.82 Å². The highest BCUT2D eigenvalue weighted by molar-refractivity contribution is 5.37. The molecular weight excluding hydrogens is 196 g/mol. The molecule has 0 aliphatic rings. The summed E-state index contributed by atoms with van der Waals surface area (Å²) < 4.78 is 0. The number of hydrogen-bond donors (Lipinski definition) is 4. The predicted molar refractivity (Wildman–Crippen MR) is 56.1 cm³/mol. The van der Waals surface area contributed by atoms with Gasteiger partial charge in [-0.3, -0.25) is 0 Å². The summed E-state index contributed by atoms with van der Waals surface area (Å²) in [6.07, 6.45) is -0.453. The Morgan fingerprint density at radius 2 is 2.13 bits per heavy atom. The van der Waals surface area contributed by atoms with Crippen molar-refractivity contribution in [2.24, 2.45) is 0 Å². The Kier molecular flexibility index (Phi) is 4.02. The van der Waals surface area contributed by atoms with E-state index in [0.717, 1.165) is 5.56 Å². The van der Waals surface area contributed by atoms with Crippen LogP contribution < -0.4 is 5.73 Å². The van der Waals surface area contributed by atoms with Crippen LogP contribution in [0, 0.1) is 6.92 Å². The molecule has 0 spiro atoms. The van der Waals surface area contributed by atoms with Crippen LogP contribution in [0.2, 0.25) is 0 Å². The zero-order valence-electron chi connectivity index (χ0n) is 8.59. The molecule has 0 fully saturated rings. The first kappa shape index (κ1) is 11.9. The van der Waals surface area contributed by atoms with Crippen molar-refractivity contribution < 1.29 is 15.3 Å². The monoisotopic (exact) mass is 212 g/mol. The second-order valence-electron chi connectivity index (χ2n) is 3.49. The molecule has 2 unspecified atom stereocenters. The molecule has 0 aliphatic carbocycles. The van der Waals surface area contributed by atoms with Gasteiger partial charge < -0.3 is 21.1 Å². The molecular formula is C10H16N2O3. The van der Waals surface area contributed by atoms with Gasteiger partial charge in [-0.15, -0.1) is 0 Å². The van der Waals surface area contributed by atoms with Crippen LogP contribution in [0.3, 0.4) is 0 Å². The van der Waals surface area contributed by atoms with Crippen molar-refractivity contribution >= 4 is 5.82 Å². The van der Waals surface area contributed by atoms with E-state index in [0.29, 0.717) is 11.4 Å². The lowest BCUT2D eigenvalue weighted by Crippen LogP contribution is -2.20. The number of aliphatic hydroxyl groups is 3. The second-order valence-corrected chi connectivity index (χ2v) is 3.49. The van der Waals surface area contributed by atoms with Crippen molar-refractivity contribution in [2.75, 3.05) is 12.3 Å². The maximum Gasteiger partial charge on any atom is 0.123 e. The summed E-state index contributed by atoms with van der Waals surface area (Å²) in [5, 5.41) is 27.9. The van der Waals surface area contributed by atoms with Crippen LogP contribution in [-0.2, 0) is 0 Å². The van der Waals surface area contributed by atoms with Gasteiger partial charge in [-0.25, -0.2) is 4.98 Å². The van der Waals surface area contributed by atoms with E-state index in [1.165, 1.54) is 6.20 Å². The standard InChI is InChI=1S/C10H16N2O3/c1-6-4-9(11)12-5-7(6)10(15)8(14)2-3-13/h4-5,8,10,13-15H,2-3H2,1H3,(H2,11,12). The van der Waals surface area contributed by atoms with Crippen molar-refractivity contribution in [1.29, 1.82) is 0 Å². The van der Waals surface area contributed by atoms with E-state index in [1.807, 2.05) is 0 Å². The highest BCUT2D eigenvalue weighted by atomic mass is 16.3. The Bertz CT molecular complexity index is 330. The van der Waals surface area contributed by atoms with Gasteiger partial charge in [0.05, 0.1) is 6.10 Å². The molecule has 0 bridgehead atoms. The summed E-state index contributed by atoms with van der Waals surface area (Å²) in [6, 6.07) is 1.63. The minimum absolute atomic E-state index is 0.130. The number of hydrogen-bond acceptors (Lipinski definition) is 5. The molecule has 0 aliphatic heterocycles. The molecule has 1 aromatic rings. The largest absolute Gasteiger partial charge is 0.396 e. The molecule has 84 valence electrons. The number of pyridine rings is 1. The van der Waals surface area contributed by atoms with Crippen LogP contribution in [0.15, 0.2) is 12.3 Å². The van der Waals surface area contributed by atoms with Gasteiger partial charge in [0.2, 0.25) is 0 Å². The fourth-order valence-corrected chi connectivity index (χ4v) is 1.40. The smallest absolute Gasteiger partial charge is 0.123 e. The number of nitrogens with two attached hydrogens (primary N) is 1. The number of anilines is 1. The van der Waals surface area contributed by atoms with E-state index in [1.54, 1.807) is 13.0 Å². The van der Waals surface area contributed by atoms with Crippen LogP contribution in [0.5, 0.6) is 0 Å². The second kappa shape index (κ2) is 5.06. The summed E-state index contributed by atoms with van der Waals surface area (Å²) in [5.41, 5.74) is 6.77. The molecule has 5 heteroatoms. The maximum atomic E-state index is 9.75. The Morgan fingerprint density at radius 1 is 1.47 bits per heavy atom. The Morgan fingerprint density at radius 3 is 2.67 bits per heavy atom. The fourth-order valence-electron chi connectivity index (χ4n) is 1.40. The summed E-state index contributed by atoms with van der Waals surface area (Å²) in [6.45, 7) is 1.61. The molecule has 1 heterocycles. The quantitative estimate of drug-likeness (QED) is 0.551. The van der Waals surface area contributed by atoms with Gasteiger partial charge in [0.25, 0.3) is 0 Å². The number of nitrogens with zero attached hydrogens (tertiary/aromatic N) is 1. The van der Waals surface area contributed by atoms with Crippen LogP contribution >= 0.6 is 0 Å². The molecule has 1 aromatic heterocycles. The summed E-state index contributed by atoms with van der Waals surface area (Å²) in [7, 11) is 0. The zero-order valence-corrected chi connectivity index (χ0v) is 8.59. The average molecular weight is 212 g/mol. The molecule has 2 atom stereocenters. The topological polar surface area (TPSA) is 99.6 Å². The summed E-state index contributed by atoms with van der Waals surface area (Å²) in [4.78, 5) is 3.85. The third kappa shape index (κ3) is 2.89. The lowest BCUT2D eigenvalue weighted by atomic mass is 10.00. The van der Waals surface area contributed by atoms with Gasteiger partial charge in [0, 0.05) is 18.4 Å². The van der Waals surface area contributed by atoms with E-state index in [9.17, 15) is 10.2 Å². The molecule has 1 rings (SSSR count). The molecule has 0 amide bonds. The lowest BCUT2D eigenvalue weighted by molar-refractivity contribution is 0.00372. The molecule has 5 nitrogen and oxygen atoms in total. The molecule has 0 saturated carbocycles. The van der Waals surface area contributed by atoms with E-state index >= 15 is 0 Å². The average Bonchev–Trinajstić information content (AvgIpc) is 2.17. The van der Waals surface area contributed by atoms with E-state index in [4.69, 9.17) is 10.8 Å². The highest BCUT2D eigenvalue weighted by Gasteiger charge is 2.19. The summed E-state index contributed by atoms with van der Waals surface area (Å²) in [5.74, 6) is 0.375. The van der Waals surface area contributed by atoms with Gasteiger partial charge >= 0.3 is 0 Å². The third-order valence-corrected chi connectivity index (χ3v) is 2.28. The fraction of sp³-hybridized carbons (Fsp3) is 0.500. The number of aryl methyl sites for hydroxylation is 1. The van der Waals surface area contributed by atoms with Gasteiger partial charge in [0.1, 0.15) is 11.9 Å². The van der Waals surface area contributed by atoms with Crippen LogP contribution in [0.1, 0.15) is 23.7 Å². The van der Waals surface area contributed by atoms with E-state index < -0.39 is 12.2 Å². The minimum Gasteiger partial charge on any atom is -0.396 e. The summed E-state index contributed by atoms with van der Waals surface area (Å²) >= 11 is 0. The first-order valence-electron chi connectivity index (χ1n) is 4.75. The first-order chi connectivity index (χ1) is 7.06. The normalized spacial score (nSPS) is 14.9. The third-order valence-electron chi connectivity index (χ3n) is 2.28. The lowest BCUT2D eigenvalue weighted by Gasteiger charge is -2.18. The minimum atomic E-state index is -1.04. The highest BCUT2D eigenvalue weighted by Crippen LogP contribution is 2.22. The van der Waals surface area contributed by atoms with Crippen molar-refractivity contribution in [3.8, 4) is 0 Å². The van der Waals surface area contributed by atoms with Gasteiger partial charge in [-0.2, -0.15) is 0 Å². The van der Waals surface area contributed by atoms with Gasteiger partial charge in [-0.05, 0) is 25.0 Å². The van der Waals surface area contributed by atoms with Crippen molar-refractivity contribution in [3.63, 3.8) is 0 Å². The first-order valence-corrected chi connectivity index (χ1v) is 4.75. The molecule has 0 aromatic carbocycles.